The predicted molar refractivity (Wildman–Crippen MR) is 75.2 cm³/mol. The molecule has 0 atom stereocenters. The van der Waals surface area contributed by atoms with Gasteiger partial charge in [-0.1, -0.05) is 34.7 Å². The Hall–Kier alpha value is -0.400. The Balaban J connectivity index is 4.81. The lowest BCUT2D eigenvalue weighted by Crippen LogP contribution is -2.45. The molecule has 0 saturated heterocycles. The molecule has 0 N–H and O–H groups in total. The van der Waals surface area contributed by atoms with Gasteiger partial charge in [-0.15, -0.1) is 13.2 Å². The van der Waals surface area contributed by atoms with Crippen molar-refractivity contribution >= 4 is 28.6 Å². The fraction of sp³-hybridized carbons (Fsp3) is 0.583. The molecule has 0 radical (unpaired) electrons. The Kier molecular flexibility index (Phi) is 9.39. The van der Waals surface area contributed by atoms with E-state index >= 15 is 0 Å². The minimum absolute atomic E-state index is 0.230. The average molecular weight is 354 g/mol. The highest BCUT2D eigenvalue weighted by Gasteiger charge is 2.41. The van der Waals surface area contributed by atoms with E-state index in [1.807, 2.05) is 0 Å². The number of alkyl halides is 1. The van der Waals surface area contributed by atoms with E-state index in [4.69, 9.17) is 14.2 Å². The van der Waals surface area contributed by atoms with Crippen molar-refractivity contribution in [3.8, 4) is 0 Å². The van der Waals surface area contributed by atoms with Crippen molar-refractivity contribution in [1.29, 1.82) is 0 Å². The number of halogens is 1. The van der Waals surface area contributed by atoms with Crippen molar-refractivity contribution < 1.29 is 19.0 Å². The maximum atomic E-state index is 11.8. The molecule has 0 aliphatic heterocycles. The Morgan fingerprint density at radius 1 is 1.29 bits per heavy atom. The average Bonchev–Trinajstić information content (AvgIpc) is 2.37. The summed E-state index contributed by atoms with van der Waals surface area (Å²) in [4.78, 5) is 11.8. The summed E-state index contributed by atoms with van der Waals surface area (Å²) < 4.78 is 16.6. The van der Waals surface area contributed by atoms with Gasteiger partial charge >= 0.3 is 5.97 Å². The maximum absolute atomic E-state index is 11.8. The van der Waals surface area contributed by atoms with Gasteiger partial charge in [0.2, 0.25) is 0 Å². The lowest BCUT2D eigenvalue weighted by atomic mass is 10.1. The molecule has 0 unspecified atom stereocenters. The molecule has 0 aromatic carbocycles. The number of carbonyl (C=O) groups is 1. The van der Waals surface area contributed by atoms with Gasteiger partial charge in [0.1, 0.15) is 0 Å². The van der Waals surface area contributed by atoms with Crippen LogP contribution in [0.1, 0.15) is 12.8 Å². The van der Waals surface area contributed by atoms with Crippen LogP contribution in [0.2, 0.25) is 0 Å². The molecule has 0 saturated carbocycles. The highest BCUT2D eigenvalue weighted by atomic mass is 127. The van der Waals surface area contributed by atoms with E-state index in [2.05, 4.69) is 35.7 Å². The van der Waals surface area contributed by atoms with Crippen LogP contribution in [-0.4, -0.2) is 36.5 Å². The molecule has 0 aromatic heterocycles. The minimum atomic E-state index is -1.34. The topological polar surface area (TPSA) is 44.8 Å². The second-order valence-electron chi connectivity index (χ2n) is 3.24. The van der Waals surface area contributed by atoms with Crippen molar-refractivity contribution in [2.45, 2.75) is 18.6 Å². The first-order valence-corrected chi connectivity index (χ1v) is 6.83. The summed E-state index contributed by atoms with van der Waals surface area (Å²) in [7, 11) is 1.32. The molecular formula is C12H19IO4. The van der Waals surface area contributed by atoms with Gasteiger partial charge in [-0.05, 0) is 10.8 Å². The highest BCUT2D eigenvalue weighted by Crippen LogP contribution is 2.23. The third-order valence-electron chi connectivity index (χ3n) is 2.00. The zero-order chi connectivity index (χ0) is 13.1. The lowest BCUT2D eigenvalue weighted by Gasteiger charge is -2.30. The van der Waals surface area contributed by atoms with E-state index in [0.717, 1.165) is 10.8 Å². The van der Waals surface area contributed by atoms with E-state index in [1.54, 1.807) is 12.2 Å². The standard InChI is InChI=1S/C12H19IO4/c1-4-9-16-12(7-6-8-13,11(14)15-3)17-10-5-2/h4-5H,1-2,6-10H2,3H3. The molecule has 0 bridgehead atoms. The summed E-state index contributed by atoms with van der Waals surface area (Å²) in [5.41, 5.74) is 0. The number of hydrogen-bond acceptors (Lipinski definition) is 4. The monoisotopic (exact) mass is 354 g/mol. The van der Waals surface area contributed by atoms with Crippen LogP contribution in [0.5, 0.6) is 0 Å². The van der Waals surface area contributed by atoms with Gasteiger partial charge < -0.3 is 14.2 Å². The van der Waals surface area contributed by atoms with E-state index in [9.17, 15) is 4.79 Å². The molecule has 5 heteroatoms. The third kappa shape index (κ3) is 5.65. The van der Waals surface area contributed by atoms with E-state index in [-0.39, 0.29) is 13.2 Å². The van der Waals surface area contributed by atoms with Crippen LogP contribution >= 0.6 is 22.6 Å². The van der Waals surface area contributed by atoms with Crippen molar-refractivity contribution in [1.82, 2.24) is 0 Å². The molecular weight excluding hydrogens is 335 g/mol. The molecule has 4 nitrogen and oxygen atoms in total. The fourth-order valence-electron chi connectivity index (χ4n) is 1.25. The molecule has 17 heavy (non-hydrogen) atoms. The van der Waals surface area contributed by atoms with Gasteiger partial charge in [-0.3, -0.25) is 0 Å². The predicted octanol–water partition coefficient (Wildman–Crippen LogP) is 2.48. The maximum Gasteiger partial charge on any atom is 0.366 e. The summed E-state index contributed by atoms with van der Waals surface area (Å²) in [5, 5.41) is 0. The van der Waals surface area contributed by atoms with Crippen LogP contribution in [0.15, 0.2) is 25.3 Å². The largest absolute Gasteiger partial charge is 0.465 e. The summed E-state index contributed by atoms with van der Waals surface area (Å²) in [6.07, 6.45) is 4.38. The first-order chi connectivity index (χ1) is 8.16. The van der Waals surface area contributed by atoms with Gasteiger partial charge in [0, 0.05) is 6.42 Å². The molecule has 0 aromatic rings. The zero-order valence-corrected chi connectivity index (χ0v) is 12.3. The van der Waals surface area contributed by atoms with Crippen LogP contribution in [0.25, 0.3) is 0 Å². The first kappa shape index (κ1) is 16.6. The number of esters is 1. The Bertz CT molecular complexity index is 241. The van der Waals surface area contributed by atoms with Crippen LogP contribution in [-0.2, 0) is 19.0 Å². The molecule has 0 amide bonds. The van der Waals surface area contributed by atoms with E-state index in [0.29, 0.717) is 6.42 Å². The number of ether oxygens (including phenoxy) is 3. The van der Waals surface area contributed by atoms with Crippen molar-refractivity contribution in [3.05, 3.63) is 25.3 Å². The summed E-state index contributed by atoms with van der Waals surface area (Å²) in [6, 6.07) is 0. The molecule has 0 aliphatic rings. The third-order valence-corrected chi connectivity index (χ3v) is 2.77. The number of rotatable bonds is 10. The Labute approximate surface area is 116 Å². The Morgan fingerprint density at radius 3 is 2.18 bits per heavy atom. The summed E-state index contributed by atoms with van der Waals surface area (Å²) in [6.45, 7) is 7.57. The smallest absolute Gasteiger partial charge is 0.366 e. The Morgan fingerprint density at radius 2 is 1.82 bits per heavy atom. The molecule has 0 aliphatic carbocycles. The second kappa shape index (κ2) is 9.61. The van der Waals surface area contributed by atoms with Crippen LogP contribution in [0.4, 0.5) is 0 Å². The molecule has 0 heterocycles. The van der Waals surface area contributed by atoms with Gasteiger partial charge in [0.15, 0.2) is 0 Å². The fourth-order valence-corrected chi connectivity index (χ4v) is 1.63. The second-order valence-corrected chi connectivity index (χ2v) is 4.32. The van der Waals surface area contributed by atoms with Crippen molar-refractivity contribution in [3.63, 3.8) is 0 Å². The molecule has 0 spiro atoms. The first-order valence-electron chi connectivity index (χ1n) is 5.31. The molecule has 0 rings (SSSR count). The van der Waals surface area contributed by atoms with Gasteiger partial charge in [-0.2, -0.15) is 0 Å². The number of hydrogen-bond donors (Lipinski definition) is 0. The molecule has 0 fully saturated rings. The van der Waals surface area contributed by atoms with Crippen molar-refractivity contribution in [2.24, 2.45) is 0 Å². The van der Waals surface area contributed by atoms with Crippen LogP contribution < -0.4 is 0 Å². The molecule has 98 valence electrons. The minimum Gasteiger partial charge on any atom is -0.465 e. The van der Waals surface area contributed by atoms with Gasteiger partial charge in [0.25, 0.3) is 5.79 Å². The number of methoxy groups -OCH3 is 1. The van der Waals surface area contributed by atoms with Crippen LogP contribution in [0.3, 0.4) is 0 Å². The normalized spacial score (nSPS) is 10.9. The van der Waals surface area contributed by atoms with E-state index < -0.39 is 11.8 Å². The zero-order valence-electron chi connectivity index (χ0n) is 10.1. The van der Waals surface area contributed by atoms with Crippen LogP contribution in [0, 0.1) is 0 Å². The number of carbonyl (C=O) groups excluding carboxylic acids is 1. The summed E-state index contributed by atoms with van der Waals surface area (Å²) in [5.74, 6) is -1.87. The van der Waals surface area contributed by atoms with Gasteiger partial charge in [0.05, 0.1) is 20.3 Å². The quantitative estimate of drug-likeness (QED) is 0.199. The van der Waals surface area contributed by atoms with E-state index in [1.165, 1.54) is 7.11 Å². The van der Waals surface area contributed by atoms with Crippen molar-refractivity contribution in [2.75, 3.05) is 24.8 Å². The summed E-state index contributed by atoms with van der Waals surface area (Å²) >= 11 is 2.23. The SMILES string of the molecule is C=CCOC(CCCI)(OCC=C)C(=O)OC. The lowest BCUT2D eigenvalue weighted by molar-refractivity contribution is -0.242. The highest BCUT2D eigenvalue weighted by molar-refractivity contribution is 14.1. The van der Waals surface area contributed by atoms with Gasteiger partial charge in [-0.25, -0.2) is 4.79 Å².